The largest absolute Gasteiger partial charge is 0.482 e. The highest BCUT2D eigenvalue weighted by atomic mass is 35.5. The number of nitrogens with zero attached hydrogens (tertiary/aromatic N) is 3. The zero-order valence-electron chi connectivity index (χ0n) is 15.2. The monoisotopic (exact) mass is 439 g/mol. The third-order valence-corrected chi connectivity index (χ3v) is 6.66. The van der Waals surface area contributed by atoms with E-state index in [0.717, 1.165) is 6.07 Å². The van der Waals surface area contributed by atoms with Crippen LogP contribution in [0.1, 0.15) is 0 Å². The van der Waals surface area contributed by atoms with Gasteiger partial charge < -0.3 is 9.64 Å². The summed E-state index contributed by atoms with van der Waals surface area (Å²) in [4.78, 5) is 24.2. The number of carbonyl (C=O) groups excluding carboxylic acids is 1. The summed E-state index contributed by atoms with van der Waals surface area (Å²) in [5.41, 5.74) is -0.176. The van der Waals surface area contributed by atoms with Crippen molar-refractivity contribution < 1.29 is 22.9 Å². The van der Waals surface area contributed by atoms with E-state index < -0.39 is 14.9 Å². The topological polar surface area (TPSA) is 110 Å². The number of non-ortho nitro benzene ring substituents is 1. The number of nitro benzene ring substituents is 1. The Bertz CT molecular complexity index is 1010. The molecule has 0 radical (unpaired) electrons. The second-order valence-electron chi connectivity index (χ2n) is 6.26. The van der Waals surface area contributed by atoms with Crippen LogP contribution in [0.5, 0.6) is 5.75 Å². The van der Waals surface area contributed by atoms with E-state index >= 15 is 0 Å². The number of benzene rings is 2. The van der Waals surface area contributed by atoms with E-state index in [9.17, 15) is 23.3 Å². The normalized spacial score (nSPS) is 15.1. The van der Waals surface area contributed by atoms with Crippen molar-refractivity contribution in [1.82, 2.24) is 9.21 Å². The molecule has 2 aromatic rings. The van der Waals surface area contributed by atoms with E-state index in [0.29, 0.717) is 0 Å². The first kappa shape index (κ1) is 21.0. The Hall–Kier alpha value is -2.69. The third kappa shape index (κ3) is 4.84. The van der Waals surface area contributed by atoms with Gasteiger partial charge in [-0.05, 0) is 18.2 Å². The van der Waals surface area contributed by atoms with Gasteiger partial charge in [0.15, 0.2) is 6.61 Å². The smallest absolute Gasteiger partial charge is 0.271 e. The highest BCUT2D eigenvalue weighted by Crippen LogP contribution is 2.28. The lowest BCUT2D eigenvalue weighted by Crippen LogP contribution is -2.51. The van der Waals surface area contributed by atoms with E-state index in [1.807, 2.05) is 0 Å². The molecule has 0 unspecified atom stereocenters. The average Bonchev–Trinajstić information content (AvgIpc) is 2.73. The summed E-state index contributed by atoms with van der Waals surface area (Å²) in [6.07, 6.45) is 0. The number of hydrogen-bond donors (Lipinski definition) is 0. The van der Waals surface area contributed by atoms with Crippen molar-refractivity contribution >= 4 is 33.2 Å². The molecule has 0 spiro atoms. The molecule has 0 aromatic heterocycles. The van der Waals surface area contributed by atoms with Crippen molar-refractivity contribution in [2.75, 3.05) is 32.8 Å². The van der Waals surface area contributed by atoms with Gasteiger partial charge >= 0.3 is 0 Å². The molecular weight excluding hydrogens is 422 g/mol. The zero-order valence-corrected chi connectivity index (χ0v) is 16.8. The summed E-state index contributed by atoms with van der Waals surface area (Å²) in [6, 6.07) is 11.8. The van der Waals surface area contributed by atoms with Crippen LogP contribution in [0.15, 0.2) is 53.4 Å². The minimum atomic E-state index is -3.59. The van der Waals surface area contributed by atoms with E-state index in [4.69, 9.17) is 16.3 Å². The number of rotatable bonds is 6. The molecule has 11 heteroatoms. The lowest BCUT2D eigenvalue weighted by molar-refractivity contribution is -0.384. The second-order valence-corrected chi connectivity index (χ2v) is 8.60. The van der Waals surface area contributed by atoms with E-state index in [2.05, 4.69) is 0 Å². The predicted octanol–water partition coefficient (Wildman–Crippen LogP) is 2.16. The maximum absolute atomic E-state index is 12.6. The van der Waals surface area contributed by atoms with Gasteiger partial charge in [-0.3, -0.25) is 14.9 Å². The second kappa shape index (κ2) is 8.76. The SMILES string of the molecule is O=C(COc1ccc([N+](=O)[O-])cc1Cl)N1CCN(S(=O)(=O)c2ccccc2)CC1. The molecule has 1 aliphatic heterocycles. The minimum Gasteiger partial charge on any atom is -0.482 e. The van der Waals surface area contributed by atoms with Gasteiger partial charge in [-0.15, -0.1) is 0 Å². The molecule has 0 atom stereocenters. The van der Waals surface area contributed by atoms with Crippen LogP contribution in [0, 0.1) is 10.1 Å². The third-order valence-electron chi connectivity index (χ3n) is 4.45. The molecular formula is C18H18ClN3O6S. The van der Waals surface area contributed by atoms with Crippen molar-refractivity contribution in [1.29, 1.82) is 0 Å². The van der Waals surface area contributed by atoms with Gasteiger partial charge in [0, 0.05) is 38.3 Å². The highest BCUT2D eigenvalue weighted by Gasteiger charge is 2.30. The van der Waals surface area contributed by atoms with Crippen molar-refractivity contribution in [2.24, 2.45) is 0 Å². The summed E-state index contributed by atoms with van der Waals surface area (Å²) in [5, 5.41) is 10.8. The van der Waals surface area contributed by atoms with Gasteiger partial charge in [0.05, 0.1) is 14.8 Å². The molecule has 0 aliphatic carbocycles. The number of carbonyl (C=O) groups is 1. The van der Waals surface area contributed by atoms with Crippen LogP contribution in [-0.4, -0.2) is 61.2 Å². The van der Waals surface area contributed by atoms with Crippen LogP contribution >= 0.6 is 11.6 Å². The van der Waals surface area contributed by atoms with Crippen LogP contribution in [-0.2, 0) is 14.8 Å². The highest BCUT2D eigenvalue weighted by molar-refractivity contribution is 7.89. The average molecular weight is 440 g/mol. The molecule has 1 aliphatic rings. The fourth-order valence-corrected chi connectivity index (χ4v) is 4.54. The summed E-state index contributed by atoms with van der Waals surface area (Å²) in [5.74, 6) is -0.160. The number of sulfonamides is 1. The molecule has 0 N–H and O–H groups in total. The van der Waals surface area contributed by atoms with Crippen LogP contribution in [0.3, 0.4) is 0 Å². The van der Waals surface area contributed by atoms with Gasteiger partial charge in [0.1, 0.15) is 5.75 Å². The van der Waals surface area contributed by atoms with Gasteiger partial charge in [0.2, 0.25) is 10.0 Å². The van der Waals surface area contributed by atoms with Crippen molar-refractivity contribution in [3.63, 3.8) is 0 Å². The molecule has 1 fully saturated rings. The van der Waals surface area contributed by atoms with Crippen molar-refractivity contribution in [3.05, 3.63) is 63.7 Å². The number of halogens is 1. The molecule has 1 amide bonds. The molecule has 0 bridgehead atoms. The summed E-state index contributed by atoms with van der Waals surface area (Å²) in [6.45, 7) is 0.538. The lowest BCUT2D eigenvalue weighted by Gasteiger charge is -2.34. The Balaban J connectivity index is 1.55. The van der Waals surface area contributed by atoms with Crippen LogP contribution in [0.25, 0.3) is 0 Å². The number of nitro groups is 1. The first-order valence-electron chi connectivity index (χ1n) is 8.69. The molecule has 3 rings (SSSR count). The molecule has 1 saturated heterocycles. The number of piperazine rings is 1. The fourth-order valence-electron chi connectivity index (χ4n) is 2.87. The van der Waals surface area contributed by atoms with Gasteiger partial charge in [0.25, 0.3) is 11.6 Å². The van der Waals surface area contributed by atoms with Crippen LogP contribution in [0.4, 0.5) is 5.69 Å². The molecule has 1 heterocycles. The zero-order chi connectivity index (χ0) is 21.0. The maximum atomic E-state index is 12.6. The van der Waals surface area contributed by atoms with Gasteiger partial charge in [-0.2, -0.15) is 4.31 Å². The summed E-state index contributed by atoms with van der Waals surface area (Å²) >= 11 is 5.94. The fraction of sp³-hybridized carbons (Fsp3) is 0.278. The Labute approximate surface area is 172 Å². The minimum absolute atomic E-state index is 0.0331. The number of hydrogen-bond acceptors (Lipinski definition) is 6. The summed E-state index contributed by atoms with van der Waals surface area (Å²) < 4.78 is 32.0. The molecule has 0 saturated carbocycles. The predicted molar refractivity (Wildman–Crippen MR) is 105 cm³/mol. The molecule has 2 aromatic carbocycles. The Morgan fingerprint density at radius 2 is 1.76 bits per heavy atom. The molecule has 154 valence electrons. The standard InChI is InChI=1S/C18H18ClN3O6S/c19-16-12-14(22(24)25)6-7-17(16)28-13-18(23)20-8-10-21(11-9-20)29(26,27)15-4-2-1-3-5-15/h1-7,12H,8-11,13H2. The van der Waals surface area contributed by atoms with Crippen LogP contribution in [0.2, 0.25) is 5.02 Å². The van der Waals surface area contributed by atoms with E-state index in [1.165, 1.54) is 33.5 Å². The first-order chi connectivity index (χ1) is 13.8. The number of amides is 1. The lowest BCUT2D eigenvalue weighted by atomic mass is 10.3. The Kier molecular flexibility index (Phi) is 6.36. The van der Waals surface area contributed by atoms with Crippen molar-refractivity contribution in [3.8, 4) is 5.75 Å². The van der Waals surface area contributed by atoms with Crippen LogP contribution < -0.4 is 4.74 Å². The number of ether oxygens (including phenoxy) is 1. The Morgan fingerprint density at radius 1 is 1.10 bits per heavy atom. The maximum Gasteiger partial charge on any atom is 0.271 e. The Morgan fingerprint density at radius 3 is 2.34 bits per heavy atom. The summed E-state index contributed by atoms with van der Waals surface area (Å²) in [7, 11) is -3.59. The molecule has 9 nitrogen and oxygen atoms in total. The van der Waals surface area contributed by atoms with Gasteiger partial charge in [-0.1, -0.05) is 29.8 Å². The quantitative estimate of drug-likeness (QED) is 0.504. The first-order valence-corrected chi connectivity index (χ1v) is 10.5. The van der Waals surface area contributed by atoms with Crippen molar-refractivity contribution in [2.45, 2.75) is 4.90 Å². The van der Waals surface area contributed by atoms with E-state index in [-0.39, 0.29) is 60.0 Å². The van der Waals surface area contributed by atoms with E-state index in [1.54, 1.807) is 18.2 Å². The molecule has 29 heavy (non-hydrogen) atoms. The van der Waals surface area contributed by atoms with Gasteiger partial charge in [-0.25, -0.2) is 8.42 Å².